The van der Waals surface area contributed by atoms with Crippen LogP contribution in [0.25, 0.3) is 0 Å². The molecule has 3 N–H and O–H groups in total. The third-order valence-electron chi connectivity index (χ3n) is 3.24. The second-order valence-corrected chi connectivity index (χ2v) is 6.68. The summed E-state index contributed by atoms with van der Waals surface area (Å²) in [6, 6.07) is 5.01. The van der Waals surface area contributed by atoms with E-state index in [4.69, 9.17) is 10.8 Å². The fourth-order valence-electron chi connectivity index (χ4n) is 2.35. The predicted octanol–water partition coefficient (Wildman–Crippen LogP) is 0.118. The zero-order chi connectivity index (χ0) is 13.7. The minimum absolute atomic E-state index is 0.414. The molecule has 1 saturated carbocycles. The summed E-state index contributed by atoms with van der Waals surface area (Å²) in [4.78, 5) is 11.1. The van der Waals surface area contributed by atoms with Gasteiger partial charge < -0.3 is 10.8 Å². The van der Waals surface area contributed by atoms with Gasteiger partial charge in [0.25, 0.3) is 0 Å². The van der Waals surface area contributed by atoms with E-state index in [0.717, 1.165) is 18.4 Å². The van der Waals surface area contributed by atoms with Gasteiger partial charge in [-0.05, 0) is 17.7 Å². The highest BCUT2D eigenvalue weighted by molar-refractivity contribution is 7.91. The van der Waals surface area contributed by atoms with E-state index in [0.29, 0.717) is 5.56 Å². The molecule has 98 valence electrons. The molecule has 0 bridgehead atoms. The summed E-state index contributed by atoms with van der Waals surface area (Å²) in [6.07, 6.45) is 0.950. The highest BCUT2D eigenvalue weighted by atomic mass is 32.2. The average Bonchev–Trinajstić information content (AvgIpc) is 2.87. The van der Waals surface area contributed by atoms with Crippen LogP contribution in [-0.2, 0) is 14.6 Å². The zero-order valence-electron chi connectivity index (χ0n) is 9.50. The molecule has 5 nitrogen and oxygen atoms in total. The molecular formula is C11H12FNO4S. The molecular weight excluding hydrogens is 261 g/mol. The van der Waals surface area contributed by atoms with Crippen LogP contribution in [0.4, 0.5) is 4.39 Å². The second kappa shape index (κ2) is 3.76. The maximum Gasteiger partial charge on any atom is 0.325 e. The van der Waals surface area contributed by atoms with Crippen molar-refractivity contribution < 1.29 is 22.7 Å². The van der Waals surface area contributed by atoms with Crippen LogP contribution in [0, 0.1) is 5.82 Å². The summed E-state index contributed by atoms with van der Waals surface area (Å²) in [5.41, 5.74) is 4.25. The van der Waals surface area contributed by atoms with Crippen LogP contribution in [0.1, 0.15) is 11.5 Å². The van der Waals surface area contributed by atoms with Crippen LogP contribution < -0.4 is 5.73 Å². The molecule has 0 aromatic heterocycles. The summed E-state index contributed by atoms with van der Waals surface area (Å²) in [7, 11) is -3.59. The third kappa shape index (κ3) is 1.79. The lowest BCUT2D eigenvalue weighted by molar-refractivity contribution is -0.139. The first-order valence-electron chi connectivity index (χ1n) is 5.15. The zero-order valence-corrected chi connectivity index (χ0v) is 10.3. The van der Waals surface area contributed by atoms with Gasteiger partial charge in [-0.3, -0.25) is 4.79 Å². The second-order valence-electron chi connectivity index (χ2n) is 4.52. The van der Waals surface area contributed by atoms with Crippen LogP contribution >= 0.6 is 0 Å². The first-order chi connectivity index (χ1) is 8.19. The normalized spacial score (nSPS) is 31.1. The lowest BCUT2D eigenvalue weighted by Gasteiger charge is -2.04. The van der Waals surface area contributed by atoms with E-state index in [-0.39, 0.29) is 0 Å². The molecule has 0 spiro atoms. The van der Waals surface area contributed by atoms with Crippen LogP contribution in [0.5, 0.6) is 0 Å². The number of halogens is 1. The van der Waals surface area contributed by atoms with Gasteiger partial charge in [0.05, 0.1) is 5.25 Å². The van der Waals surface area contributed by atoms with Crippen LogP contribution in [-0.4, -0.2) is 36.5 Å². The highest BCUT2D eigenvalue weighted by Gasteiger charge is 2.73. The number of sulfone groups is 1. The van der Waals surface area contributed by atoms with Gasteiger partial charge in [0.1, 0.15) is 11.4 Å². The Hall–Kier alpha value is -1.47. The summed E-state index contributed by atoms with van der Waals surface area (Å²) < 4.78 is 35.9. The summed E-state index contributed by atoms with van der Waals surface area (Å²) in [6.45, 7) is 0. The van der Waals surface area contributed by atoms with E-state index in [2.05, 4.69) is 0 Å². The number of carboxylic acid groups (broad SMARTS) is 1. The van der Waals surface area contributed by atoms with Gasteiger partial charge in [-0.15, -0.1) is 0 Å². The van der Waals surface area contributed by atoms with Gasteiger partial charge in [-0.25, -0.2) is 12.8 Å². The third-order valence-corrected chi connectivity index (χ3v) is 4.82. The maximum absolute atomic E-state index is 12.8. The van der Waals surface area contributed by atoms with Crippen molar-refractivity contribution in [1.29, 1.82) is 0 Å². The molecule has 0 unspecified atom stereocenters. The highest BCUT2D eigenvalue weighted by Crippen LogP contribution is 2.53. The molecule has 2 rings (SSSR count). The molecule has 1 aliphatic carbocycles. The fourth-order valence-corrected chi connectivity index (χ4v) is 4.11. The number of hydrogen-bond donors (Lipinski definition) is 2. The number of benzene rings is 1. The number of carbonyl (C=O) groups is 1. The first-order valence-corrected chi connectivity index (χ1v) is 7.11. The fraction of sp³-hybridized carbons (Fsp3) is 0.364. The molecule has 1 aromatic rings. The Morgan fingerprint density at radius 3 is 2.22 bits per heavy atom. The molecule has 0 saturated heterocycles. The standard InChI is InChI=1S/C11H12FNO4S/c1-18(16,17)9-8(11(9,13)10(14)15)6-2-4-7(12)5-3-6/h2-5,8-9H,13H2,1H3,(H,14,15)/t8-,9-,11+/m1/s1. The summed E-state index contributed by atoms with van der Waals surface area (Å²) in [5.74, 6) is -2.69. The smallest absolute Gasteiger partial charge is 0.325 e. The molecule has 1 aliphatic rings. The molecule has 3 atom stereocenters. The van der Waals surface area contributed by atoms with Crippen LogP contribution in [0.15, 0.2) is 24.3 Å². The van der Waals surface area contributed by atoms with Crippen molar-refractivity contribution in [2.24, 2.45) is 5.73 Å². The lowest BCUT2D eigenvalue weighted by atomic mass is 10.1. The quantitative estimate of drug-likeness (QED) is 0.815. The average molecular weight is 273 g/mol. The topological polar surface area (TPSA) is 97.5 Å². The minimum Gasteiger partial charge on any atom is -0.480 e. The molecule has 0 heterocycles. The van der Waals surface area contributed by atoms with Crippen molar-refractivity contribution in [3.63, 3.8) is 0 Å². The van der Waals surface area contributed by atoms with E-state index in [9.17, 15) is 17.6 Å². The molecule has 0 radical (unpaired) electrons. The van der Waals surface area contributed by atoms with Crippen molar-refractivity contribution in [3.8, 4) is 0 Å². The predicted molar refractivity (Wildman–Crippen MR) is 62.3 cm³/mol. The van der Waals surface area contributed by atoms with E-state index in [1.54, 1.807) is 0 Å². The monoisotopic (exact) mass is 273 g/mol. The minimum atomic E-state index is -3.59. The van der Waals surface area contributed by atoms with E-state index in [1.807, 2.05) is 0 Å². The Morgan fingerprint density at radius 2 is 1.89 bits per heavy atom. The molecule has 0 amide bonds. The SMILES string of the molecule is CS(=O)(=O)[C@@H]1[C@@H](c2ccc(F)cc2)[C@@]1(N)C(=O)O. The lowest BCUT2D eigenvalue weighted by Crippen LogP contribution is -2.39. The summed E-state index contributed by atoms with van der Waals surface area (Å²) in [5, 5.41) is 7.90. The van der Waals surface area contributed by atoms with Crippen LogP contribution in [0.2, 0.25) is 0 Å². The van der Waals surface area contributed by atoms with Crippen molar-refractivity contribution in [2.75, 3.05) is 6.26 Å². The Morgan fingerprint density at radius 1 is 1.39 bits per heavy atom. The molecule has 18 heavy (non-hydrogen) atoms. The number of carboxylic acids is 1. The van der Waals surface area contributed by atoms with Gasteiger partial charge in [0.15, 0.2) is 9.84 Å². The molecule has 1 fully saturated rings. The Balaban J connectivity index is 2.45. The number of hydrogen-bond acceptors (Lipinski definition) is 4. The van der Waals surface area contributed by atoms with Crippen molar-refractivity contribution in [1.82, 2.24) is 0 Å². The number of aliphatic carboxylic acids is 1. The Kier molecular flexibility index (Phi) is 2.71. The van der Waals surface area contributed by atoms with Crippen molar-refractivity contribution >= 4 is 15.8 Å². The van der Waals surface area contributed by atoms with E-state index < -0.39 is 38.3 Å². The molecule has 0 aliphatic heterocycles. The number of nitrogens with two attached hydrogens (primary N) is 1. The largest absolute Gasteiger partial charge is 0.480 e. The Labute approximate surface area is 103 Å². The van der Waals surface area contributed by atoms with Crippen molar-refractivity contribution in [3.05, 3.63) is 35.6 Å². The first kappa shape index (κ1) is 13.0. The van der Waals surface area contributed by atoms with Gasteiger partial charge >= 0.3 is 5.97 Å². The van der Waals surface area contributed by atoms with E-state index in [1.165, 1.54) is 12.1 Å². The van der Waals surface area contributed by atoms with Gasteiger partial charge in [-0.2, -0.15) is 0 Å². The summed E-state index contributed by atoms with van der Waals surface area (Å²) >= 11 is 0. The van der Waals surface area contributed by atoms with Gasteiger partial charge in [0.2, 0.25) is 0 Å². The maximum atomic E-state index is 12.8. The van der Waals surface area contributed by atoms with E-state index >= 15 is 0 Å². The Bertz CT molecular complexity index is 598. The van der Waals surface area contributed by atoms with Gasteiger partial charge in [0, 0.05) is 12.2 Å². The molecule has 7 heteroatoms. The molecule has 1 aromatic carbocycles. The van der Waals surface area contributed by atoms with Crippen LogP contribution in [0.3, 0.4) is 0 Å². The van der Waals surface area contributed by atoms with Gasteiger partial charge in [-0.1, -0.05) is 12.1 Å². The number of rotatable bonds is 3. The van der Waals surface area contributed by atoms with Crippen molar-refractivity contribution in [2.45, 2.75) is 16.7 Å².